The number of primary amides is 1. The van der Waals surface area contributed by atoms with E-state index >= 15 is 0 Å². The Bertz CT molecular complexity index is 1240. The third kappa shape index (κ3) is 3.89. The maximum atomic E-state index is 12.4. The van der Waals surface area contributed by atoms with Gasteiger partial charge >= 0.3 is 12.1 Å². The predicted octanol–water partition coefficient (Wildman–Crippen LogP) is 5.44. The summed E-state index contributed by atoms with van der Waals surface area (Å²) in [6.07, 6.45) is 0.896. The van der Waals surface area contributed by atoms with Crippen LogP contribution in [0.2, 0.25) is 0 Å². The van der Waals surface area contributed by atoms with Gasteiger partial charge in [-0.25, -0.2) is 9.59 Å². The summed E-state index contributed by atoms with van der Waals surface area (Å²) in [6.45, 7) is 2.07. The Morgan fingerprint density at radius 1 is 0.867 bits per heavy atom. The number of nitrogens with one attached hydrogen (secondary N) is 2. The number of nitrogens with two attached hydrogens (primary N) is 1. The number of urea groups is 1. The molecule has 0 bridgehead atoms. The minimum Gasteiger partial charge on any atom is -0.351 e. The molecule has 0 radical (unpaired) electrons. The highest BCUT2D eigenvalue weighted by Gasteiger charge is 2.14. The average Bonchev–Trinajstić information content (AvgIpc) is 3.14. The normalized spacial score (nSPS) is 10.7. The highest BCUT2D eigenvalue weighted by Crippen LogP contribution is 2.29. The summed E-state index contributed by atoms with van der Waals surface area (Å²) in [5.41, 5.74) is 10.3. The van der Waals surface area contributed by atoms with Crippen molar-refractivity contribution in [2.45, 2.75) is 13.3 Å². The molecular weight excluding hydrogens is 376 g/mol. The maximum Gasteiger partial charge on any atom is 0.323 e. The van der Waals surface area contributed by atoms with E-state index in [9.17, 15) is 9.59 Å². The van der Waals surface area contributed by atoms with Gasteiger partial charge in [0.1, 0.15) is 0 Å². The molecule has 1 heterocycles. The van der Waals surface area contributed by atoms with E-state index in [1.807, 2.05) is 72.8 Å². The molecule has 1 aromatic heterocycles. The van der Waals surface area contributed by atoms with Crippen LogP contribution in [0.1, 0.15) is 12.5 Å². The molecule has 4 N–H and O–H groups in total. The van der Waals surface area contributed by atoms with Crippen LogP contribution in [0.3, 0.4) is 0 Å². The molecule has 0 aliphatic rings. The van der Waals surface area contributed by atoms with Crippen molar-refractivity contribution in [2.75, 3.05) is 10.6 Å². The Balaban J connectivity index is 1.60. The first-order valence-corrected chi connectivity index (χ1v) is 9.73. The zero-order valence-electron chi connectivity index (χ0n) is 16.6. The Morgan fingerprint density at radius 3 is 2.30 bits per heavy atom. The van der Waals surface area contributed by atoms with Gasteiger partial charge in [-0.3, -0.25) is 4.57 Å². The molecule has 3 amide bonds. The Morgan fingerprint density at radius 2 is 1.57 bits per heavy atom. The topological polar surface area (TPSA) is 89.2 Å². The van der Waals surface area contributed by atoms with Gasteiger partial charge in [-0.1, -0.05) is 49.4 Å². The highest BCUT2D eigenvalue weighted by molar-refractivity contribution is 6.01. The molecule has 6 nitrogen and oxygen atoms in total. The molecule has 30 heavy (non-hydrogen) atoms. The number of carbonyl (C=O) groups excluding carboxylic acids is 2. The van der Waals surface area contributed by atoms with Crippen molar-refractivity contribution in [1.82, 2.24) is 4.57 Å². The standard InChI is InChI=1S/C24H22N4O2/c1-2-16-7-5-10-19(13-16)26-24(30)27-20-11-6-9-17(14-20)22-15-18-8-3-4-12-21(18)28(22)23(25)29/h3-15H,2H2,1H3,(H2,25,29)(H2,26,27,30). The predicted molar refractivity (Wildman–Crippen MR) is 121 cm³/mol. The van der Waals surface area contributed by atoms with Crippen molar-refractivity contribution in [1.29, 1.82) is 0 Å². The molecule has 3 aromatic carbocycles. The first-order valence-electron chi connectivity index (χ1n) is 9.73. The lowest BCUT2D eigenvalue weighted by Gasteiger charge is -2.11. The molecule has 150 valence electrons. The first-order chi connectivity index (χ1) is 14.5. The van der Waals surface area contributed by atoms with Crippen molar-refractivity contribution < 1.29 is 9.59 Å². The van der Waals surface area contributed by atoms with Crippen LogP contribution in [-0.4, -0.2) is 16.6 Å². The van der Waals surface area contributed by atoms with E-state index in [2.05, 4.69) is 17.6 Å². The fourth-order valence-electron chi connectivity index (χ4n) is 3.52. The monoisotopic (exact) mass is 398 g/mol. The molecule has 0 unspecified atom stereocenters. The van der Waals surface area contributed by atoms with Crippen molar-refractivity contribution >= 4 is 34.3 Å². The summed E-state index contributed by atoms with van der Waals surface area (Å²) in [5, 5.41) is 6.61. The first kappa shape index (κ1) is 19.3. The number of aromatic nitrogens is 1. The van der Waals surface area contributed by atoms with Crippen molar-refractivity contribution in [2.24, 2.45) is 5.73 Å². The molecule has 0 fully saturated rings. The van der Waals surface area contributed by atoms with Gasteiger partial charge in [-0.2, -0.15) is 0 Å². The fourth-order valence-corrected chi connectivity index (χ4v) is 3.52. The molecular formula is C24H22N4O2. The number of rotatable bonds is 4. The molecule has 6 heteroatoms. The molecule has 0 spiro atoms. The number of hydrogen-bond donors (Lipinski definition) is 3. The summed E-state index contributed by atoms with van der Waals surface area (Å²) >= 11 is 0. The second-order valence-corrected chi connectivity index (χ2v) is 6.98. The highest BCUT2D eigenvalue weighted by atomic mass is 16.2. The number of hydrogen-bond acceptors (Lipinski definition) is 2. The SMILES string of the molecule is CCc1cccc(NC(=O)Nc2cccc(-c3cc4ccccc4n3C(N)=O)c2)c1. The van der Waals surface area contributed by atoms with Crippen LogP contribution in [0.25, 0.3) is 22.2 Å². The van der Waals surface area contributed by atoms with Gasteiger partial charge in [0.25, 0.3) is 0 Å². The second kappa shape index (κ2) is 8.13. The van der Waals surface area contributed by atoms with Gasteiger partial charge < -0.3 is 16.4 Å². The minimum atomic E-state index is -0.557. The van der Waals surface area contributed by atoms with Crippen molar-refractivity contribution in [3.05, 3.63) is 84.4 Å². The van der Waals surface area contributed by atoms with Gasteiger partial charge in [-0.15, -0.1) is 0 Å². The van der Waals surface area contributed by atoms with Gasteiger partial charge in [0, 0.05) is 22.3 Å². The zero-order chi connectivity index (χ0) is 21.1. The summed E-state index contributed by atoms with van der Waals surface area (Å²) in [4.78, 5) is 24.5. The number of anilines is 2. The quantitative estimate of drug-likeness (QED) is 0.427. The van der Waals surface area contributed by atoms with Gasteiger partial charge in [-0.05, 0) is 48.4 Å². The Labute approximate surface area is 174 Å². The Kier molecular flexibility index (Phi) is 5.22. The molecule has 0 aliphatic heterocycles. The summed E-state index contributed by atoms with van der Waals surface area (Å²) < 4.78 is 1.48. The van der Waals surface area contributed by atoms with Crippen LogP contribution in [0.5, 0.6) is 0 Å². The number of nitrogens with zero attached hydrogens (tertiary/aromatic N) is 1. The van der Waals surface area contributed by atoms with Crippen LogP contribution in [0.15, 0.2) is 78.9 Å². The van der Waals surface area contributed by atoms with Gasteiger partial charge in [0.15, 0.2) is 0 Å². The van der Waals surface area contributed by atoms with Crippen LogP contribution in [0.4, 0.5) is 21.0 Å². The number of benzene rings is 3. The summed E-state index contributed by atoms with van der Waals surface area (Å²) in [7, 11) is 0. The molecule has 0 aliphatic carbocycles. The lowest BCUT2D eigenvalue weighted by atomic mass is 10.1. The van der Waals surface area contributed by atoms with E-state index in [4.69, 9.17) is 5.73 Å². The lowest BCUT2D eigenvalue weighted by molar-refractivity contribution is 0.251. The lowest BCUT2D eigenvalue weighted by Crippen LogP contribution is -2.20. The van der Waals surface area contributed by atoms with Crippen LogP contribution < -0.4 is 16.4 Å². The minimum absolute atomic E-state index is 0.337. The number of amides is 3. The number of carbonyl (C=O) groups is 2. The third-order valence-corrected chi connectivity index (χ3v) is 4.94. The number of para-hydroxylation sites is 1. The fraction of sp³-hybridized carbons (Fsp3) is 0.0833. The molecule has 0 saturated carbocycles. The second-order valence-electron chi connectivity index (χ2n) is 6.98. The number of fused-ring (bicyclic) bond motifs is 1. The van der Waals surface area contributed by atoms with E-state index in [1.54, 1.807) is 6.07 Å². The van der Waals surface area contributed by atoms with Crippen LogP contribution >= 0.6 is 0 Å². The van der Waals surface area contributed by atoms with E-state index in [1.165, 1.54) is 4.57 Å². The summed E-state index contributed by atoms with van der Waals surface area (Å²) in [5.74, 6) is 0. The van der Waals surface area contributed by atoms with Crippen molar-refractivity contribution in [3.8, 4) is 11.3 Å². The average molecular weight is 398 g/mol. The van der Waals surface area contributed by atoms with E-state index < -0.39 is 6.03 Å². The zero-order valence-corrected chi connectivity index (χ0v) is 16.6. The van der Waals surface area contributed by atoms with Crippen molar-refractivity contribution in [3.63, 3.8) is 0 Å². The van der Waals surface area contributed by atoms with E-state index in [0.717, 1.165) is 34.1 Å². The number of aryl methyl sites for hydroxylation is 1. The van der Waals surface area contributed by atoms with Gasteiger partial charge in [0.05, 0.1) is 11.2 Å². The smallest absolute Gasteiger partial charge is 0.323 e. The molecule has 0 atom stereocenters. The maximum absolute atomic E-state index is 12.4. The molecule has 0 saturated heterocycles. The third-order valence-electron chi connectivity index (χ3n) is 4.94. The largest absolute Gasteiger partial charge is 0.351 e. The molecule has 4 aromatic rings. The van der Waals surface area contributed by atoms with E-state index in [0.29, 0.717) is 11.4 Å². The van der Waals surface area contributed by atoms with Crippen LogP contribution in [0, 0.1) is 0 Å². The van der Waals surface area contributed by atoms with Gasteiger partial charge in [0.2, 0.25) is 0 Å². The molecule has 4 rings (SSSR count). The Hall–Kier alpha value is -4.06. The summed E-state index contributed by atoms with van der Waals surface area (Å²) in [6, 6.07) is 23.6. The van der Waals surface area contributed by atoms with E-state index in [-0.39, 0.29) is 6.03 Å². The van der Waals surface area contributed by atoms with Crippen LogP contribution in [-0.2, 0) is 6.42 Å².